The minimum atomic E-state index is -2.55. The Hall–Kier alpha value is -6.31. The van der Waals surface area contributed by atoms with Gasteiger partial charge in [0.15, 0.2) is 29.4 Å². The fraction of sp³-hybridized carbons (Fsp3) is 0.289. The van der Waals surface area contributed by atoms with E-state index in [4.69, 9.17) is 29.1 Å². The molecule has 0 aromatic heterocycles. The number of carbonyl (C=O) groups is 1. The lowest BCUT2D eigenvalue weighted by molar-refractivity contribution is -0.303. The Bertz CT molecular complexity index is 2180. The van der Waals surface area contributed by atoms with Crippen LogP contribution in [0.4, 0.5) is 0 Å². The van der Waals surface area contributed by atoms with E-state index in [1.165, 1.54) is 30.6 Å². The number of hydrogen-bond donors (Lipinski definition) is 9. The van der Waals surface area contributed by atoms with Gasteiger partial charge in [0.1, 0.15) is 72.0 Å². The third-order valence-corrected chi connectivity index (χ3v) is 9.33. The van der Waals surface area contributed by atoms with Gasteiger partial charge in [0.2, 0.25) is 12.0 Å². The van der Waals surface area contributed by atoms with Crippen molar-refractivity contribution in [1.82, 2.24) is 0 Å². The molecule has 0 bridgehead atoms. The standard InChI is InChI=1S/C38H36N4O14/c39-29-9-8-23(42-29)25(45)16-52-22-6-4-19(5-7-22)26-11-24(44)30-27(54-26)12-28(33(31(30)46)53-15-18-2-1-3-21(43)10-18)55-37-32(47)34(48)38(51,35(56-37)36(49)50)13-20-14-40-17-41-20/h1-12,17,25-26,32,34-35,37,39,43-48,51H,13-16H2,(H,49,50)/p+1/t25-,26?,32+,34-,35+,37+,38-/m0/s1. The van der Waals surface area contributed by atoms with Crippen LogP contribution in [0.3, 0.4) is 0 Å². The predicted molar refractivity (Wildman–Crippen MR) is 195 cm³/mol. The maximum atomic E-state index is 12.4. The highest BCUT2D eigenvalue weighted by Gasteiger charge is 2.59. The van der Waals surface area contributed by atoms with Crippen molar-refractivity contribution in [3.63, 3.8) is 0 Å². The summed E-state index contributed by atoms with van der Waals surface area (Å²) >= 11 is 0. The van der Waals surface area contributed by atoms with Crippen LogP contribution >= 0.6 is 0 Å². The molecule has 0 spiro atoms. The molecule has 0 saturated carbocycles. The van der Waals surface area contributed by atoms with Crippen LogP contribution in [0.25, 0.3) is 5.76 Å². The second-order valence-corrected chi connectivity index (χ2v) is 13.3. The topological polar surface area (TPSA) is 288 Å². The summed E-state index contributed by atoms with van der Waals surface area (Å²) in [6, 6.07) is 13.8. The number of nitrogens with two attached hydrogens (primary N) is 1. The van der Waals surface area contributed by atoms with E-state index in [2.05, 4.69) is 15.0 Å². The number of benzene rings is 3. The van der Waals surface area contributed by atoms with E-state index in [1.807, 2.05) is 0 Å². The summed E-state index contributed by atoms with van der Waals surface area (Å²) in [7, 11) is 0. The molecule has 0 radical (unpaired) electrons. The Morgan fingerprint density at radius 1 is 1.05 bits per heavy atom. The molecule has 4 aliphatic heterocycles. The summed E-state index contributed by atoms with van der Waals surface area (Å²) in [4.78, 5) is 24.3. The lowest BCUT2D eigenvalue weighted by Crippen LogP contribution is -2.69. The van der Waals surface area contributed by atoms with Gasteiger partial charge in [0.05, 0.1) is 6.54 Å². The first-order valence-electron chi connectivity index (χ1n) is 17.2. The van der Waals surface area contributed by atoms with Gasteiger partial charge in [-0.15, -0.1) is 0 Å². The number of aliphatic hydroxyl groups is 5. The van der Waals surface area contributed by atoms with Gasteiger partial charge in [0.25, 0.3) is 0 Å². The summed E-state index contributed by atoms with van der Waals surface area (Å²) in [6.45, 7) is -0.319. The van der Waals surface area contributed by atoms with Crippen molar-refractivity contribution in [2.45, 2.75) is 55.4 Å². The lowest BCUT2D eigenvalue weighted by Gasteiger charge is -2.46. The first-order chi connectivity index (χ1) is 26.8. The van der Waals surface area contributed by atoms with Crippen LogP contribution in [-0.2, 0) is 16.1 Å². The summed E-state index contributed by atoms with van der Waals surface area (Å²) in [5.41, 5.74) is -1.15. The molecule has 56 heavy (non-hydrogen) atoms. The number of hydrogen-bond acceptors (Lipinski definition) is 15. The van der Waals surface area contributed by atoms with Gasteiger partial charge < -0.3 is 64.5 Å². The molecule has 1 saturated heterocycles. The zero-order valence-electron chi connectivity index (χ0n) is 29.2. The van der Waals surface area contributed by atoms with Gasteiger partial charge in [-0.25, -0.2) is 9.79 Å². The van der Waals surface area contributed by atoms with Gasteiger partial charge in [-0.1, -0.05) is 24.3 Å². The highest BCUT2D eigenvalue weighted by Crippen LogP contribution is 2.51. The number of amidine groups is 1. The molecule has 0 amide bonds. The molecule has 18 nitrogen and oxygen atoms in total. The number of aliphatic carboxylic acids is 1. The lowest BCUT2D eigenvalue weighted by atomic mass is 9.80. The number of carboxylic acid groups (broad SMARTS) is 1. The van der Waals surface area contributed by atoms with Gasteiger partial charge in [0, 0.05) is 30.4 Å². The highest BCUT2D eigenvalue weighted by atomic mass is 16.7. The van der Waals surface area contributed by atoms with Crippen LogP contribution in [0.1, 0.15) is 29.2 Å². The number of nitrogens with zero attached hydrogens (tertiary/aromatic N) is 3. The molecule has 4 aliphatic rings. The summed E-state index contributed by atoms with van der Waals surface area (Å²) in [5, 5.41) is 92.4. The number of aliphatic imine (C=N–C) groups is 3. The fourth-order valence-electron chi connectivity index (χ4n) is 6.49. The number of aliphatic hydroxyl groups excluding tert-OH is 4. The largest absolute Gasteiger partial charge is 0.508 e. The molecule has 1 unspecified atom stereocenters. The Morgan fingerprint density at radius 3 is 2.52 bits per heavy atom. The maximum absolute atomic E-state index is 12.4. The van der Waals surface area contributed by atoms with E-state index in [0.29, 0.717) is 22.6 Å². The van der Waals surface area contributed by atoms with E-state index in [9.17, 15) is 45.6 Å². The summed E-state index contributed by atoms with van der Waals surface area (Å²) in [5.74, 6) is -3.07. The second kappa shape index (κ2) is 15.4. The molecule has 7 atom stereocenters. The third kappa shape index (κ3) is 7.63. The monoisotopic (exact) mass is 773 g/mol. The van der Waals surface area contributed by atoms with Crippen molar-refractivity contribution < 1.29 is 74.7 Å². The van der Waals surface area contributed by atoms with Crippen LogP contribution in [0, 0.1) is 0 Å². The highest BCUT2D eigenvalue weighted by molar-refractivity contribution is 6.14. The van der Waals surface area contributed by atoms with Crippen molar-refractivity contribution in [3.05, 3.63) is 89.5 Å². The molecular weight excluding hydrogens is 736 g/mol. The number of phenolic OH excluding ortho intramolecular Hbond substituents is 2. The Kier molecular flexibility index (Phi) is 10.5. The zero-order chi connectivity index (χ0) is 39.7. The molecule has 3 aromatic carbocycles. The van der Waals surface area contributed by atoms with Crippen molar-refractivity contribution in [2.75, 3.05) is 13.2 Å². The third-order valence-electron chi connectivity index (χ3n) is 9.33. The second-order valence-electron chi connectivity index (χ2n) is 13.3. The van der Waals surface area contributed by atoms with Crippen LogP contribution in [0.15, 0.2) is 87.8 Å². The van der Waals surface area contributed by atoms with Crippen LogP contribution in [-0.4, -0.2) is 120 Å². The number of carboxylic acids is 1. The Morgan fingerprint density at radius 2 is 1.84 bits per heavy atom. The van der Waals surface area contributed by atoms with Gasteiger partial charge >= 0.3 is 11.8 Å². The molecule has 18 heteroatoms. The first-order valence-corrected chi connectivity index (χ1v) is 17.2. The molecule has 3 aromatic rings. The molecular formula is C38H37N4O14+. The number of rotatable bonds is 13. The van der Waals surface area contributed by atoms with Crippen LogP contribution in [0.2, 0.25) is 0 Å². The average molecular weight is 774 g/mol. The van der Waals surface area contributed by atoms with Crippen molar-refractivity contribution in [3.8, 4) is 34.5 Å². The van der Waals surface area contributed by atoms with Crippen molar-refractivity contribution >= 4 is 35.3 Å². The number of aromatic hydroxyl groups is 2. The summed E-state index contributed by atoms with van der Waals surface area (Å²) in [6.07, 6.45) is -5.04. The van der Waals surface area contributed by atoms with Crippen molar-refractivity contribution in [1.29, 1.82) is 0 Å². The van der Waals surface area contributed by atoms with Crippen molar-refractivity contribution in [2.24, 2.45) is 15.0 Å². The molecule has 1 fully saturated rings. The van der Waals surface area contributed by atoms with E-state index in [1.54, 1.807) is 48.6 Å². The molecule has 292 valence electrons. The molecule has 7 rings (SSSR count). The van der Waals surface area contributed by atoms with Gasteiger partial charge in [-0.05, 0) is 46.5 Å². The number of ether oxygens (including phenoxy) is 5. The minimum absolute atomic E-state index is 0.0415. The van der Waals surface area contributed by atoms with Gasteiger partial charge in [-0.2, -0.15) is 0 Å². The predicted octanol–water partition coefficient (Wildman–Crippen LogP) is 0.132. The Balaban J connectivity index is 1.16. The molecule has 0 aliphatic carbocycles. The summed E-state index contributed by atoms with van der Waals surface area (Å²) < 4.78 is 29.3. The van der Waals surface area contributed by atoms with E-state index in [-0.39, 0.29) is 54.1 Å². The average Bonchev–Trinajstić information content (AvgIpc) is 3.85. The first kappa shape index (κ1) is 38.0. The number of phenols is 2. The SMILES string of the molecule is [NH2+]=C1C=CC([C@@H](O)COc2ccc(C3C=C(O)c4c(cc(O[C@@H]5O[C@H](C(=O)O)[C@](O)(CC6=NC=NC6)[C@@H](O)[C@H]5O)c(OCc5cccc(O)c5)c4O)O3)cc2)=N1. The quantitative estimate of drug-likeness (QED) is 0.112. The maximum Gasteiger partial charge on any atom is 0.336 e. The van der Waals surface area contributed by atoms with E-state index < -0.39 is 72.1 Å². The van der Waals surface area contributed by atoms with Crippen LogP contribution in [0.5, 0.6) is 34.5 Å². The smallest absolute Gasteiger partial charge is 0.336 e. The van der Waals surface area contributed by atoms with E-state index >= 15 is 0 Å². The number of fused-ring (bicyclic) bond motifs is 1. The van der Waals surface area contributed by atoms with E-state index in [0.717, 1.165) is 0 Å². The normalized spacial score (nSPS) is 25.8. The van der Waals surface area contributed by atoms with Gasteiger partial charge in [-0.3, -0.25) is 10.4 Å². The van der Waals surface area contributed by atoms with Crippen LogP contribution < -0.4 is 24.4 Å². The molecule has 10 N–H and O–H groups in total. The Labute approximate surface area is 317 Å². The molecule has 4 heterocycles. The fourth-order valence-corrected chi connectivity index (χ4v) is 6.49. The minimum Gasteiger partial charge on any atom is -0.508 e. The zero-order valence-corrected chi connectivity index (χ0v) is 29.2.